The third-order valence-corrected chi connectivity index (χ3v) is 2.17. The Labute approximate surface area is 104 Å². The lowest BCUT2D eigenvalue weighted by Crippen LogP contribution is -2.29. The Morgan fingerprint density at radius 3 is 2.61 bits per heavy atom. The molecule has 0 aromatic heterocycles. The topological polar surface area (TPSA) is 116 Å². The lowest BCUT2D eigenvalue weighted by Gasteiger charge is -2.04. The van der Waals surface area contributed by atoms with Gasteiger partial charge in [0.25, 0.3) is 0 Å². The van der Waals surface area contributed by atoms with Crippen LogP contribution >= 0.6 is 10.7 Å². The third-order valence-electron chi connectivity index (χ3n) is 1.53. The van der Waals surface area contributed by atoms with Crippen LogP contribution in [0.3, 0.4) is 0 Å². The second kappa shape index (κ2) is 5.14. The molecule has 0 bridgehead atoms. The monoisotopic (exact) mass is 298 g/mol. The van der Waals surface area contributed by atoms with Crippen LogP contribution in [0, 0.1) is 15.9 Å². The van der Waals surface area contributed by atoms with Gasteiger partial charge in [0.1, 0.15) is 5.82 Å². The van der Waals surface area contributed by atoms with E-state index in [1.165, 1.54) is 4.72 Å². The normalized spacial score (nSPS) is 10.8. The molecule has 0 heterocycles. The summed E-state index contributed by atoms with van der Waals surface area (Å²) in [6.45, 7) is 0. The van der Waals surface area contributed by atoms with Gasteiger partial charge in [-0.1, -0.05) is 0 Å². The summed E-state index contributed by atoms with van der Waals surface area (Å²) in [7, 11) is 0.278. The first-order valence-electron chi connectivity index (χ1n) is 4.07. The van der Waals surface area contributed by atoms with Gasteiger partial charge in [0, 0.05) is 22.8 Å². The number of nitro benzene ring substituents is 1. The Morgan fingerprint density at radius 1 is 1.50 bits per heavy atom. The molecule has 0 radical (unpaired) electrons. The molecule has 0 aliphatic carbocycles. The maximum absolute atomic E-state index is 12.8. The minimum Gasteiger partial charge on any atom is -0.402 e. The smallest absolute Gasteiger partial charge is 0.402 e. The molecule has 0 aliphatic rings. The van der Waals surface area contributed by atoms with Crippen LogP contribution in [0.4, 0.5) is 14.9 Å². The molecule has 0 saturated heterocycles. The van der Waals surface area contributed by atoms with Crippen molar-refractivity contribution in [2.75, 3.05) is 0 Å². The molecule has 1 N–H and O–H groups in total. The average molecular weight is 299 g/mol. The van der Waals surface area contributed by atoms with Gasteiger partial charge < -0.3 is 4.74 Å². The molecule has 11 heteroatoms. The van der Waals surface area contributed by atoms with Crippen LogP contribution in [0.25, 0.3) is 0 Å². The van der Waals surface area contributed by atoms with Gasteiger partial charge in [-0.25, -0.2) is 13.9 Å². The highest BCUT2D eigenvalue weighted by Gasteiger charge is 2.20. The molecule has 1 rings (SSSR count). The van der Waals surface area contributed by atoms with E-state index in [0.717, 1.165) is 12.1 Å². The summed E-state index contributed by atoms with van der Waals surface area (Å²) in [5.41, 5.74) is -0.710. The highest BCUT2D eigenvalue weighted by atomic mass is 35.7. The number of hydrogen-bond acceptors (Lipinski definition) is 6. The van der Waals surface area contributed by atoms with Crippen molar-refractivity contribution in [3.63, 3.8) is 0 Å². The van der Waals surface area contributed by atoms with Crippen molar-refractivity contribution in [1.29, 1.82) is 0 Å². The van der Waals surface area contributed by atoms with Crippen molar-refractivity contribution in [3.8, 4) is 5.75 Å². The molecule has 0 fully saturated rings. The zero-order valence-electron chi connectivity index (χ0n) is 8.29. The van der Waals surface area contributed by atoms with Crippen molar-refractivity contribution in [1.82, 2.24) is 4.72 Å². The summed E-state index contributed by atoms with van der Waals surface area (Å²) < 4.78 is 39.2. The Bertz CT molecular complexity index is 604. The molecule has 1 aromatic carbocycles. The zero-order valence-corrected chi connectivity index (χ0v) is 9.87. The quantitative estimate of drug-likeness (QED) is 0.511. The molecular formula is C7H4ClFN2O6S. The largest absolute Gasteiger partial charge is 0.427 e. The number of benzene rings is 1. The van der Waals surface area contributed by atoms with Gasteiger partial charge in [-0.2, -0.15) is 8.42 Å². The Morgan fingerprint density at radius 2 is 2.11 bits per heavy atom. The number of halogens is 2. The molecular weight excluding hydrogens is 295 g/mol. The second-order valence-corrected chi connectivity index (χ2v) is 5.10. The first-order valence-corrected chi connectivity index (χ1v) is 6.38. The van der Waals surface area contributed by atoms with Gasteiger partial charge in [0.15, 0.2) is 0 Å². The number of nitro groups is 1. The number of carbonyl (C=O) groups is 1. The summed E-state index contributed by atoms with van der Waals surface area (Å²) in [4.78, 5) is 20.6. The summed E-state index contributed by atoms with van der Waals surface area (Å²) in [6.07, 6.45) is -1.60. The third kappa shape index (κ3) is 4.14. The standard InChI is InChI=1S/C7H4ClFN2O6S/c8-18(15,16)10-7(12)17-6-3-4(9)1-2-5(6)11(13)14/h1-3H,(H,10,12). The molecule has 0 spiro atoms. The number of hydrogen-bond donors (Lipinski definition) is 1. The first-order chi connectivity index (χ1) is 8.19. The van der Waals surface area contributed by atoms with E-state index in [1.807, 2.05) is 0 Å². The second-order valence-electron chi connectivity index (χ2n) is 2.80. The minimum atomic E-state index is -4.40. The average Bonchev–Trinajstić information content (AvgIpc) is 2.13. The van der Waals surface area contributed by atoms with Crippen LogP contribution in [0.15, 0.2) is 18.2 Å². The van der Waals surface area contributed by atoms with Crippen molar-refractivity contribution in [2.24, 2.45) is 0 Å². The highest BCUT2D eigenvalue weighted by Crippen LogP contribution is 2.27. The number of amides is 1. The van der Waals surface area contributed by atoms with E-state index in [1.54, 1.807) is 0 Å². The summed E-state index contributed by atoms with van der Waals surface area (Å²) in [5.74, 6) is -1.66. The first kappa shape index (κ1) is 14.1. The number of carbonyl (C=O) groups excluding carboxylic acids is 1. The van der Waals surface area contributed by atoms with Gasteiger partial charge in [-0.3, -0.25) is 10.1 Å². The van der Waals surface area contributed by atoms with E-state index >= 15 is 0 Å². The van der Waals surface area contributed by atoms with Crippen molar-refractivity contribution < 1.29 is 27.3 Å². The SMILES string of the molecule is O=C(NS(=O)(=O)Cl)Oc1cc(F)ccc1[N+](=O)[O-]. The fourth-order valence-corrected chi connectivity index (χ4v) is 1.37. The van der Waals surface area contributed by atoms with Crippen molar-refractivity contribution in [2.45, 2.75) is 0 Å². The molecule has 1 aromatic rings. The van der Waals surface area contributed by atoms with Crippen LogP contribution in [0.5, 0.6) is 5.75 Å². The van der Waals surface area contributed by atoms with Gasteiger partial charge >= 0.3 is 21.0 Å². The van der Waals surface area contributed by atoms with Gasteiger partial charge in [0.05, 0.1) is 4.92 Å². The lowest BCUT2D eigenvalue weighted by molar-refractivity contribution is -0.385. The van der Waals surface area contributed by atoms with Crippen LogP contribution in [0.1, 0.15) is 0 Å². The fourth-order valence-electron chi connectivity index (χ4n) is 0.941. The predicted octanol–water partition coefficient (Wildman–Crippen LogP) is 1.31. The van der Waals surface area contributed by atoms with E-state index in [-0.39, 0.29) is 0 Å². The summed E-state index contributed by atoms with van der Waals surface area (Å²) in [5, 5.41) is 10.5. The van der Waals surface area contributed by atoms with Crippen molar-refractivity contribution >= 4 is 31.7 Å². The predicted molar refractivity (Wildman–Crippen MR) is 57.0 cm³/mol. The molecule has 18 heavy (non-hydrogen) atoms. The molecule has 0 saturated carbocycles. The Balaban J connectivity index is 3.00. The number of nitrogens with one attached hydrogen (secondary N) is 1. The molecule has 98 valence electrons. The van der Waals surface area contributed by atoms with E-state index < -0.39 is 37.5 Å². The van der Waals surface area contributed by atoms with Crippen molar-refractivity contribution in [3.05, 3.63) is 34.1 Å². The van der Waals surface area contributed by atoms with Gasteiger partial charge in [-0.15, -0.1) is 0 Å². The number of ether oxygens (including phenoxy) is 1. The van der Waals surface area contributed by atoms with E-state index in [2.05, 4.69) is 15.4 Å². The lowest BCUT2D eigenvalue weighted by atomic mass is 10.3. The van der Waals surface area contributed by atoms with Crippen LogP contribution < -0.4 is 9.46 Å². The van der Waals surface area contributed by atoms with E-state index in [0.29, 0.717) is 6.07 Å². The highest BCUT2D eigenvalue weighted by molar-refractivity contribution is 8.12. The summed E-state index contributed by atoms with van der Waals surface area (Å²) >= 11 is 0. The van der Waals surface area contributed by atoms with Crippen LogP contribution in [-0.2, 0) is 9.24 Å². The molecule has 0 atom stereocenters. The Hall–Kier alpha value is -1.94. The minimum absolute atomic E-state index is 0.554. The Kier molecular flexibility index (Phi) is 4.03. The summed E-state index contributed by atoms with van der Waals surface area (Å²) in [6, 6.07) is 2.09. The van der Waals surface area contributed by atoms with Gasteiger partial charge in [0.2, 0.25) is 5.75 Å². The maximum Gasteiger partial charge on any atom is 0.427 e. The van der Waals surface area contributed by atoms with Crippen LogP contribution in [-0.4, -0.2) is 19.4 Å². The molecule has 1 amide bonds. The van der Waals surface area contributed by atoms with Gasteiger partial charge in [-0.05, 0) is 6.07 Å². The zero-order chi connectivity index (χ0) is 13.9. The van der Waals surface area contributed by atoms with E-state index in [9.17, 15) is 27.7 Å². The molecule has 0 aliphatic heterocycles. The number of rotatable bonds is 3. The maximum atomic E-state index is 12.8. The number of nitrogens with zero attached hydrogens (tertiary/aromatic N) is 1. The van der Waals surface area contributed by atoms with E-state index in [4.69, 9.17) is 0 Å². The molecule has 0 unspecified atom stereocenters. The van der Waals surface area contributed by atoms with Crippen LogP contribution in [0.2, 0.25) is 0 Å². The molecule has 8 nitrogen and oxygen atoms in total. The fraction of sp³-hybridized carbons (Fsp3) is 0.